The van der Waals surface area contributed by atoms with E-state index in [2.05, 4.69) is 5.32 Å². The molecule has 1 heterocycles. The monoisotopic (exact) mass is 314 g/mol. The standard InChI is InChI=1S/C14H16F2N2O2S/c1-8-2-3-9-10(6-8)21-13(12(9)17)14(19)18-4-5-20-7-11(15)16/h2-3,6,11H,4-5,7,17H2,1H3,(H,18,19). The molecule has 0 aliphatic carbocycles. The topological polar surface area (TPSA) is 64.4 Å². The highest BCUT2D eigenvalue weighted by Crippen LogP contribution is 2.33. The Hall–Kier alpha value is -1.73. The van der Waals surface area contributed by atoms with Gasteiger partial charge in [-0.1, -0.05) is 12.1 Å². The number of hydrogen-bond acceptors (Lipinski definition) is 4. The predicted molar refractivity (Wildman–Crippen MR) is 80.1 cm³/mol. The first-order valence-electron chi connectivity index (χ1n) is 6.41. The molecule has 114 valence electrons. The van der Waals surface area contributed by atoms with Crippen molar-refractivity contribution in [1.82, 2.24) is 5.32 Å². The third-order valence-electron chi connectivity index (χ3n) is 2.87. The molecule has 4 nitrogen and oxygen atoms in total. The van der Waals surface area contributed by atoms with Crippen molar-refractivity contribution in [2.75, 3.05) is 25.5 Å². The van der Waals surface area contributed by atoms with Crippen LogP contribution in [0, 0.1) is 6.92 Å². The van der Waals surface area contributed by atoms with Gasteiger partial charge in [-0.3, -0.25) is 4.79 Å². The van der Waals surface area contributed by atoms with Gasteiger partial charge in [-0.25, -0.2) is 8.78 Å². The Labute approximate surface area is 124 Å². The summed E-state index contributed by atoms with van der Waals surface area (Å²) in [6, 6.07) is 5.79. The van der Waals surface area contributed by atoms with Crippen LogP contribution in [-0.4, -0.2) is 32.1 Å². The Morgan fingerprint density at radius 3 is 2.95 bits per heavy atom. The van der Waals surface area contributed by atoms with E-state index in [9.17, 15) is 13.6 Å². The lowest BCUT2D eigenvalue weighted by molar-refractivity contribution is 0.0188. The number of halogens is 2. The summed E-state index contributed by atoms with van der Waals surface area (Å²) in [6.45, 7) is 1.55. The van der Waals surface area contributed by atoms with Crippen molar-refractivity contribution >= 4 is 33.0 Å². The quantitative estimate of drug-likeness (QED) is 0.806. The first-order chi connectivity index (χ1) is 9.99. The third kappa shape index (κ3) is 3.89. The zero-order chi connectivity index (χ0) is 15.4. The van der Waals surface area contributed by atoms with E-state index in [1.165, 1.54) is 11.3 Å². The van der Waals surface area contributed by atoms with Gasteiger partial charge in [0.05, 0.1) is 12.3 Å². The van der Waals surface area contributed by atoms with E-state index < -0.39 is 13.0 Å². The van der Waals surface area contributed by atoms with Gasteiger partial charge in [0.15, 0.2) is 0 Å². The Morgan fingerprint density at radius 2 is 2.24 bits per heavy atom. The highest BCUT2D eigenvalue weighted by Gasteiger charge is 2.16. The van der Waals surface area contributed by atoms with Gasteiger partial charge in [-0.2, -0.15) is 0 Å². The van der Waals surface area contributed by atoms with Gasteiger partial charge < -0.3 is 15.8 Å². The SMILES string of the molecule is Cc1ccc2c(N)c(C(=O)NCCOCC(F)F)sc2c1. The van der Waals surface area contributed by atoms with Crippen molar-refractivity contribution < 1.29 is 18.3 Å². The second kappa shape index (κ2) is 6.82. The molecule has 2 rings (SSSR count). The van der Waals surface area contributed by atoms with Gasteiger partial charge in [0.2, 0.25) is 0 Å². The number of carbonyl (C=O) groups is 1. The van der Waals surface area contributed by atoms with Crippen LogP contribution in [0.5, 0.6) is 0 Å². The molecule has 0 saturated heterocycles. The number of fused-ring (bicyclic) bond motifs is 1. The summed E-state index contributed by atoms with van der Waals surface area (Å²) in [5.74, 6) is -0.313. The van der Waals surface area contributed by atoms with Crippen molar-refractivity contribution in [3.05, 3.63) is 28.6 Å². The van der Waals surface area contributed by atoms with E-state index in [0.717, 1.165) is 15.6 Å². The number of alkyl halides is 2. The van der Waals surface area contributed by atoms with E-state index in [0.29, 0.717) is 10.6 Å². The minimum absolute atomic E-state index is 0.0417. The highest BCUT2D eigenvalue weighted by molar-refractivity contribution is 7.21. The molecule has 7 heteroatoms. The van der Waals surface area contributed by atoms with Crippen LogP contribution in [0.15, 0.2) is 18.2 Å². The van der Waals surface area contributed by atoms with Crippen LogP contribution in [0.4, 0.5) is 14.5 Å². The normalized spacial score (nSPS) is 11.2. The molecular formula is C14H16F2N2O2S. The van der Waals surface area contributed by atoms with Crippen LogP contribution in [-0.2, 0) is 4.74 Å². The molecule has 2 aromatic rings. The Bertz CT molecular complexity index is 643. The van der Waals surface area contributed by atoms with Gasteiger partial charge in [-0.05, 0) is 18.6 Å². The molecule has 0 fully saturated rings. The van der Waals surface area contributed by atoms with Crippen LogP contribution in [0.3, 0.4) is 0 Å². The predicted octanol–water partition coefficient (Wildman–Crippen LogP) is 2.80. The van der Waals surface area contributed by atoms with Gasteiger partial charge in [0.1, 0.15) is 11.5 Å². The molecule has 3 N–H and O–H groups in total. The Balaban J connectivity index is 1.98. The van der Waals surface area contributed by atoms with E-state index in [-0.39, 0.29) is 19.1 Å². The van der Waals surface area contributed by atoms with Gasteiger partial charge in [0.25, 0.3) is 12.3 Å². The fourth-order valence-corrected chi connectivity index (χ4v) is 3.02. The number of thiophene rings is 1. The number of benzene rings is 1. The average molecular weight is 314 g/mol. The maximum absolute atomic E-state index is 12.0. The van der Waals surface area contributed by atoms with Crippen LogP contribution in [0.2, 0.25) is 0 Å². The second-order valence-corrected chi connectivity index (χ2v) is 5.62. The van der Waals surface area contributed by atoms with E-state index in [1.54, 1.807) is 0 Å². The van der Waals surface area contributed by atoms with Crippen LogP contribution in [0.25, 0.3) is 10.1 Å². The number of amides is 1. The maximum Gasteiger partial charge on any atom is 0.263 e. The molecule has 0 spiro atoms. The van der Waals surface area contributed by atoms with Crippen molar-refractivity contribution in [2.45, 2.75) is 13.3 Å². The largest absolute Gasteiger partial charge is 0.397 e. The molecule has 0 atom stereocenters. The summed E-state index contributed by atoms with van der Waals surface area (Å²) in [5, 5.41) is 3.46. The molecule has 0 aliphatic rings. The van der Waals surface area contributed by atoms with E-state index >= 15 is 0 Å². The molecule has 0 saturated carbocycles. The van der Waals surface area contributed by atoms with Gasteiger partial charge in [-0.15, -0.1) is 11.3 Å². The third-order valence-corrected chi connectivity index (χ3v) is 4.03. The summed E-state index contributed by atoms with van der Waals surface area (Å²) < 4.78 is 29.4. The zero-order valence-electron chi connectivity index (χ0n) is 11.5. The molecule has 21 heavy (non-hydrogen) atoms. The lowest BCUT2D eigenvalue weighted by Crippen LogP contribution is -2.27. The summed E-state index contributed by atoms with van der Waals surface area (Å²) in [5.41, 5.74) is 7.52. The number of carbonyl (C=O) groups excluding carboxylic acids is 1. The zero-order valence-corrected chi connectivity index (χ0v) is 12.3. The first kappa shape index (κ1) is 15.7. The second-order valence-electron chi connectivity index (χ2n) is 4.57. The first-order valence-corrected chi connectivity index (χ1v) is 7.23. The fourth-order valence-electron chi connectivity index (χ4n) is 1.88. The molecule has 0 unspecified atom stereocenters. The number of aryl methyl sites for hydroxylation is 1. The average Bonchev–Trinajstić information content (AvgIpc) is 2.74. The van der Waals surface area contributed by atoms with Crippen molar-refractivity contribution in [3.63, 3.8) is 0 Å². The number of rotatable bonds is 6. The van der Waals surface area contributed by atoms with Gasteiger partial charge >= 0.3 is 0 Å². The number of nitrogens with one attached hydrogen (secondary N) is 1. The summed E-state index contributed by atoms with van der Waals surface area (Å²) in [6.07, 6.45) is -2.50. The summed E-state index contributed by atoms with van der Waals surface area (Å²) >= 11 is 1.32. The number of nitrogens with two attached hydrogens (primary N) is 1. The number of anilines is 1. The smallest absolute Gasteiger partial charge is 0.263 e. The van der Waals surface area contributed by atoms with Crippen molar-refractivity contribution in [2.24, 2.45) is 0 Å². The minimum Gasteiger partial charge on any atom is -0.397 e. The van der Waals surface area contributed by atoms with E-state index in [4.69, 9.17) is 10.5 Å². The van der Waals surface area contributed by atoms with Crippen molar-refractivity contribution in [3.8, 4) is 0 Å². The minimum atomic E-state index is -2.50. The molecule has 0 bridgehead atoms. The molecule has 0 radical (unpaired) electrons. The van der Waals surface area contributed by atoms with Crippen molar-refractivity contribution in [1.29, 1.82) is 0 Å². The molecular weight excluding hydrogens is 298 g/mol. The molecule has 1 amide bonds. The Kier molecular flexibility index (Phi) is 5.08. The van der Waals surface area contributed by atoms with Gasteiger partial charge in [0, 0.05) is 16.6 Å². The van der Waals surface area contributed by atoms with Crippen LogP contribution >= 0.6 is 11.3 Å². The summed E-state index contributed by atoms with van der Waals surface area (Å²) in [7, 11) is 0. The summed E-state index contributed by atoms with van der Waals surface area (Å²) in [4.78, 5) is 12.5. The lowest BCUT2D eigenvalue weighted by atomic mass is 10.1. The lowest BCUT2D eigenvalue weighted by Gasteiger charge is -2.05. The number of hydrogen-bond donors (Lipinski definition) is 2. The molecule has 0 aliphatic heterocycles. The van der Waals surface area contributed by atoms with E-state index in [1.807, 2.05) is 25.1 Å². The number of nitrogen functional groups attached to an aromatic ring is 1. The molecule has 1 aromatic carbocycles. The van der Waals surface area contributed by atoms with Crippen LogP contribution < -0.4 is 11.1 Å². The molecule has 1 aromatic heterocycles. The highest BCUT2D eigenvalue weighted by atomic mass is 32.1. The Morgan fingerprint density at radius 1 is 1.48 bits per heavy atom. The number of ether oxygens (including phenoxy) is 1. The maximum atomic E-state index is 12.0. The fraction of sp³-hybridized carbons (Fsp3) is 0.357. The van der Waals surface area contributed by atoms with Crippen LogP contribution in [0.1, 0.15) is 15.2 Å².